The Labute approximate surface area is 147 Å². The molecule has 0 radical (unpaired) electrons. The Balaban J connectivity index is 1.67. The second kappa shape index (κ2) is 6.64. The van der Waals surface area contributed by atoms with Gasteiger partial charge in [-0.05, 0) is 37.6 Å². The minimum Gasteiger partial charge on any atom is -0.366 e. The number of aromatic nitrogens is 1. The molecule has 1 atom stereocenters. The topological polar surface area (TPSA) is 105 Å². The fourth-order valence-electron chi connectivity index (χ4n) is 2.59. The van der Waals surface area contributed by atoms with Crippen LogP contribution in [-0.2, 0) is 19.9 Å². The third-order valence-corrected chi connectivity index (χ3v) is 7.10. The van der Waals surface area contributed by atoms with Crippen LogP contribution in [0.1, 0.15) is 12.0 Å². The van der Waals surface area contributed by atoms with Crippen molar-refractivity contribution in [1.82, 2.24) is 4.98 Å². The van der Waals surface area contributed by atoms with Crippen LogP contribution in [-0.4, -0.2) is 39.4 Å². The molecular weight excluding hydrogens is 362 g/mol. The molecule has 0 bridgehead atoms. The van der Waals surface area contributed by atoms with Crippen molar-refractivity contribution in [2.45, 2.75) is 24.3 Å². The van der Waals surface area contributed by atoms with Crippen molar-refractivity contribution in [1.29, 1.82) is 0 Å². The van der Waals surface area contributed by atoms with E-state index in [1.165, 1.54) is 6.20 Å². The molecule has 2 aromatic rings. The predicted molar refractivity (Wildman–Crippen MR) is 96.9 cm³/mol. The molecule has 134 valence electrons. The predicted octanol–water partition coefficient (Wildman–Crippen LogP) is 1.79. The quantitative estimate of drug-likeness (QED) is 0.818. The number of nitrogens with zero attached hydrogens (tertiary/aromatic N) is 1. The first kappa shape index (κ1) is 17.7. The summed E-state index contributed by atoms with van der Waals surface area (Å²) in [6.07, 6.45) is 1.95. The zero-order valence-electron chi connectivity index (χ0n) is 13.6. The molecule has 1 fully saturated rings. The third kappa shape index (κ3) is 4.49. The highest BCUT2D eigenvalue weighted by atomic mass is 32.2. The van der Waals surface area contributed by atoms with Gasteiger partial charge in [0.1, 0.15) is 5.82 Å². The van der Waals surface area contributed by atoms with Gasteiger partial charge in [-0.2, -0.15) is 0 Å². The molecular formula is C16H19N3O4S2. The Morgan fingerprint density at radius 3 is 2.40 bits per heavy atom. The van der Waals surface area contributed by atoms with Crippen molar-refractivity contribution in [2.24, 2.45) is 0 Å². The van der Waals surface area contributed by atoms with Crippen LogP contribution >= 0.6 is 0 Å². The van der Waals surface area contributed by atoms with Crippen LogP contribution in [0.25, 0.3) is 0 Å². The van der Waals surface area contributed by atoms with E-state index >= 15 is 0 Å². The summed E-state index contributed by atoms with van der Waals surface area (Å²) in [5.74, 6) is 0.788. The Bertz CT molecular complexity index is 953. The average molecular weight is 381 g/mol. The van der Waals surface area contributed by atoms with Crippen LogP contribution in [0.5, 0.6) is 0 Å². The van der Waals surface area contributed by atoms with E-state index in [1.54, 1.807) is 36.4 Å². The molecule has 0 spiro atoms. The molecule has 1 aromatic carbocycles. The molecule has 2 heterocycles. The summed E-state index contributed by atoms with van der Waals surface area (Å²) in [5, 5.41) is 3.06. The lowest BCUT2D eigenvalue weighted by atomic mass is 10.2. The number of pyridine rings is 1. The molecule has 1 aromatic heterocycles. The highest BCUT2D eigenvalue weighted by Gasteiger charge is 2.27. The first-order valence-electron chi connectivity index (χ1n) is 7.76. The Morgan fingerprint density at radius 1 is 1.12 bits per heavy atom. The van der Waals surface area contributed by atoms with Gasteiger partial charge in [-0.1, -0.05) is 17.7 Å². The van der Waals surface area contributed by atoms with Crippen molar-refractivity contribution in [2.75, 3.05) is 21.5 Å². The zero-order chi connectivity index (χ0) is 18.1. The van der Waals surface area contributed by atoms with Crippen molar-refractivity contribution in [3.05, 3.63) is 48.2 Å². The summed E-state index contributed by atoms with van der Waals surface area (Å²) >= 11 is 0. The highest BCUT2D eigenvalue weighted by molar-refractivity contribution is 7.92. The molecule has 1 saturated heterocycles. The van der Waals surface area contributed by atoms with Crippen molar-refractivity contribution in [3.63, 3.8) is 0 Å². The standard InChI is InChI=1S/C16H19N3O4S2/c1-12-2-5-15(6-3-12)25(22,23)19-13-4-7-16(17-10-13)18-14-8-9-24(20,21)11-14/h2-7,10,14,19H,8-9,11H2,1H3,(H,17,18). The number of hydrogen-bond acceptors (Lipinski definition) is 6. The number of anilines is 2. The van der Waals surface area contributed by atoms with E-state index in [1.807, 2.05) is 6.92 Å². The molecule has 25 heavy (non-hydrogen) atoms. The lowest BCUT2D eigenvalue weighted by molar-refractivity contribution is 0.599. The number of hydrogen-bond donors (Lipinski definition) is 2. The second-order valence-corrected chi connectivity index (χ2v) is 10.0. The number of sulfonamides is 1. The fourth-order valence-corrected chi connectivity index (χ4v) is 5.31. The largest absolute Gasteiger partial charge is 0.366 e. The summed E-state index contributed by atoms with van der Waals surface area (Å²) in [7, 11) is -6.63. The van der Waals surface area contributed by atoms with Crippen molar-refractivity contribution < 1.29 is 16.8 Å². The summed E-state index contributed by atoms with van der Waals surface area (Å²) in [5.41, 5.74) is 1.31. The zero-order valence-corrected chi connectivity index (χ0v) is 15.3. The van der Waals surface area contributed by atoms with Crippen LogP contribution in [0, 0.1) is 6.92 Å². The molecule has 1 aliphatic heterocycles. The summed E-state index contributed by atoms with van der Waals surface area (Å²) in [6.45, 7) is 1.88. The molecule has 1 unspecified atom stereocenters. The molecule has 0 amide bonds. The van der Waals surface area contributed by atoms with Crippen LogP contribution in [0.15, 0.2) is 47.5 Å². The molecule has 7 nitrogen and oxygen atoms in total. The normalized spacial score (nSPS) is 19.5. The maximum Gasteiger partial charge on any atom is 0.261 e. The first-order valence-corrected chi connectivity index (χ1v) is 11.1. The van der Waals surface area contributed by atoms with Gasteiger partial charge in [-0.15, -0.1) is 0 Å². The minimum absolute atomic E-state index is 0.0937. The number of nitrogens with one attached hydrogen (secondary N) is 2. The maximum atomic E-state index is 12.3. The fraction of sp³-hybridized carbons (Fsp3) is 0.312. The van der Waals surface area contributed by atoms with E-state index in [0.29, 0.717) is 17.9 Å². The molecule has 3 rings (SSSR count). The van der Waals surface area contributed by atoms with Gasteiger partial charge in [0.15, 0.2) is 9.84 Å². The molecule has 0 aliphatic carbocycles. The van der Waals surface area contributed by atoms with Crippen LogP contribution in [0.3, 0.4) is 0 Å². The van der Waals surface area contributed by atoms with Gasteiger partial charge >= 0.3 is 0 Å². The minimum atomic E-state index is -3.67. The highest BCUT2D eigenvalue weighted by Crippen LogP contribution is 2.19. The van der Waals surface area contributed by atoms with Crippen LogP contribution in [0.4, 0.5) is 11.5 Å². The Morgan fingerprint density at radius 2 is 1.84 bits per heavy atom. The Hall–Kier alpha value is -2.13. The lowest BCUT2D eigenvalue weighted by Crippen LogP contribution is -2.21. The van der Waals surface area contributed by atoms with Gasteiger partial charge in [-0.25, -0.2) is 21.8 Å². The SMILES string of the molecule is Cc1ccc(S(=O)(=O)Nc2ccc(NC3CCS(=O)(=O)C3)nc2)cc1. The van der Waals surface area contributed by atoms with E-state index in [2.05, 4.69) is 15.0 Å². The first-order chi connectivity index (χ1) is 11.7. The Kier molecular flexibility index (Phi) is 4.70. The molecule has 2 N–H and O–H groups in total. The van der Waals surface area contributed by atoms with Gasteiger partial charge in [0.05, 0.1) is 28.3 Å². The van der Waals surface area contributed by atoms with E-state index in [0.717, 1.165) is 5.56 Å². The number of rotatable bonds is 5. The molecule has 9 heteroatoms. The summed E-state index contributed by atoms with van der Waals surface area (Å²) in [6, 6.07) is 9.60. The third-order valence-electron chi connectivity index (χ3n) is 3.93. The van der Waals surface area contributed by atoms with E-state index in [-0.39, 0.29) is 22.4 Å². The van der Waals surface area contributed by atoms with E-state index in [9.17, 15) is 16.8 Å². The lowest BCUT2D eigenvalue weighted by Gasteiger charge is -2.12. The monoisotopic (exact) mass is 381 g/mol. The smallest absolute Gasteiger partial charge is 0.261 e. The van der Waals surface area contributed by atoms with Crippen LogP contribution in [0.2, 0.25) is 0 Å². The van der Waals surface area contributed by atoms with Crippen molar-refractivity contribution >= 4 is 31.4 Å². The number of sulfone groups is 1. The molecule has 0 saturated carbocycles. The van der Waals surface area contributed by atoms with Gasteiger partial charge < -0.3 is 5.32 Å². The van der Waals surface area contributed by atoms with Gasteiger partial charge in [0, 0.05) is 6.04 Å². The van der Waals surface area contributed by atoms with Gasteiger partial charge in [-0.3, -0.25) is 4.72 Å². The molecule has 1 aliphatic rings. The maximum absolute atomic E-state index is 12.3. The summed E-state index contributed by atoms with van der Waals surface area (Å²) < 4.78 is 50.0. The van der Waals surface area contributed by atoms with E-state index in [4.69, 9.17) is 0 Å². The number of benzene rings is 1. The second-order valence-electron chi connectivity index (χ2n) is 6.09. The summed E-state index contributed by atoms with van der Waals surface area (Å²) in [4.78, 5) is 4.33. The van der Waals surface area contributed by atoms with Gasteiger partial charge in [0.25, 0.3) is 10.0 Å². The van der Waals surface area contributed by atoms with Crippen molar-refractivity contribution in [3.8, 4) is 0 Å². The van der Waals surface area contributed by atoms with E-state index < -0.39 is 19.9 Å². The van der Waals surface area contributed by atoms with Gasteiger partial charge in [0.2, 0.25) is 0 Å². The number of aryl methyl sites for hydroxylation is 1. The average Bonchev–Trinajstić information content (AvgIpc) is 2.88. The van der Waals surface area contributed by atoms with Crippen LogP contribution < -0.4 is 10.0 Å².